The highest BCUT2D eigenvalue weighted by molar-refractivity contribution is 5.97. The number of aliphatic hydroxyl groups excluding tert-OH is 1. The van der Waals surface area contributed by atoms with Gasteiger partial charge in [0.05, 0.1) is 6.61 Å². The highest BCUT2D eigenvalue weighted by Crippen LogP contribution is 2.05. The van der Waals surface area contributed by atoms with Crippen molar-refractivity contribution in [3.05, 3.63) is 29.8 Å². The molecule has 92 valence electrons. The zero-order valence-electron chi connectivity index (χ0n) is 9.43. The summed E-state index contributed by atoms with van der Waals surface area (Å²) in [5.74, 6) is -0.885. The fraction of sp³-hybridized carbons (Fsp3) is 0.273. The first kappa shape index (κ1) is 13.0. The van der Waals surface area contributed by atoms with Gasteiger partial charge < -0.3 is 21.5 Å². The normalized spacial score (nSPS) is 11.6. The maximum absolute atomic E-state index is 11.7. The van der Waals surface area contributed by atoms with Crippen LogP contribution in [-0.2, 0) is 4.79 Å². The number of benzene rings is 1. The van der Waals surface area contributed by atoms with Crippen LogP contribution >= 0.6 is 0 Å². The van der Waals surface area contributed by atoms with Gasteiger partial charge in [-0.3, -0.25) is 9.59 Å². The lowest BCUT2D eigenvalue weighted by molar-refractivity contribution is -0.123. The van der Waals surface area contributed by atoms with E-state index in [1.807, 2.05) is 0 Å². The van der Waals surface area contributed by atoms with E-state index < -0.39 is 24.5 Å². The van der Waals surface area contributed by atoms with E-state index in [-0.39, 0.29) is 0 Å². The number of aliphatic hydroxyl groups is 1. The molecule has 0 aliphatic rings. The summed E-state index contributed by atoms with van der Waals surface area (Å²) < 4.78 is 0. The van der Waals surface area contributed by atoms with Crippen LogP contribution in [0.4, 0.5) is 5.69 Å². The quantitative estimate of drug-likeness (QED) is 0.510. The molecule has 1 rings (SSSR count). The molecule has 0 saturated carbocycles. The number of carbonyl (C=O) groups is 2. The number of carbonyl (C=O) groups excluding carboxylic acids is 2. The average molecular weight is 237 g/mol. The second kappa shape index (κ2) is 5.86. The summed E-state index contributed by atoms with van der Waals surface area (Å²) in [5.41, 5.74) is 6.41. The second-order valence-corrected chi connectivity index (χ2v) is 3.44. The highest BCUT2D eigenvalue weighted by Gasteiger charge is 2.18. The first-order valence-corrected chi connectivity index (χ1v) is 5.07. The lowest BCUT2D eigenvalue weighted by Gasteiger charge is -2.14. The summed E-state index contributed by atoms with van der Waals surface area (Å²) >= 11 is 0. The maximum Gasteiger partial charge on any atom is 0.251 e. The van der Waals surface area contributed by atoms with Crippen molar-refractivity contribution < 1.29 is 14.7 Å². The van der Waals surface area contributed by atoms with Gasteiger partial charge in [0.15, 0.2) is 0 Å². The predicted octanol–water partition coefficient (Wildman–Crippen LogP) is -0.894. The first-order chi connectivity index (χ1) is 8.08. The van der Waals surface area contributed by atoms with Gasteiger partial charge in [-0.05, 0) is 24.3 Å². The van der Waals surface area contributed by atoms with E-state index in [2.05, 4.69) is 10.6 Å². The lowest BCUT2D eigenvalue weighted by Crippen LogP contribution is -2.47. The van der Waals surface area contributed by atoms with Gasteiger partial charge in [0.2, 0.25) is 5.91 Å². The van der Waals surface area contributed by atoms with Gasteiger partial charge in [-0.2, -0.15) is 0 Å². The number of hydrogen-bond acceptors (Lipinski definition) is 4. The third-order valence-electron chi connectivity index (χ3n) is 2.22. The highest BCUT2D eigenvalue weighted by atomic mass is 16.3. The molecule has 1 atom stereocenters. The molecular weight excluding hydrogens is 222 g/mol. The SMILES string of the molecule is CNC(=O)C(CO)NC(=O)c1ccc(N)cc1. The molecule has 1 unspecified atom stereocenters. The van der Waals surface area contributed by atoms with Crippen LogP contribution in [-0.4, -0.2) is 36.6 Å². The lowest BCUT2D eigenvalue weighted by atomic mass is 10.2. The molecular formula is C11H15N3O3. The van der Waals surface area contributed by atoms with Crippen molar-refractivity contribution in [2.75, 3.05) is 19.4 Å². The van der Waals surface area contributed by atoms with Crippen molar-refractivity contribution in [2.24, 2.45) is 0 Å². The van der Waals surface area contributed by atoms with Crippen LogP contribution < -0.4 is 16.4 Å². The second-order valence-electron chi connectivity index (χ2n) is 3.44. The molecule has 0 fully saturated rings. The van der Waals surface area contributed by atoms with E-state index >= 15 is 0 Å². The number of hydrogen-bond donors (Lipinski definition) is 4. The van der Waals surface area contributed by atoms with E-state index in [0.717, 1.165) is 0 Å². The molecule has 2 amide bonds. The molecule has 0 aromatic heterocycles. The Morgan fingerprint density at radius 2 is 1.94 bits per heavy atom. The fourth-order valence-corrected chi connectivity index (χ4v) is 1.24. The van der Waals surface area contributed by atoms with Gasteiger partial charge in [0.25, 0.3) is 5.91 Å². The Morgan fingerprint density at radius 3 is 2.41 bits per heavy atom. The summed E-state index contributed by atoms with van der Waals surface area (Å²) in [6.07, 6.45) is 0. The molecule has 0 bridgehead atoms. The molecule has 0 radical (unpaired) electrons. The molecule has 0 aliphatic carbocycles. The Morgan fingerprint density at radius 1 is 1.35 bits per heavy atom. The summed E-state index contributed by atoms with van der Waals surface area (Å²) in [7, 11) is 1.43. The minimum Gasteiger partial charge on any atom is -0.399 e. The number of likely N-dealkylation sites (N-methyl/N-ethyl adjacent to an activating group) is 1. The average Bonchev–Trinajstić information content (AvgIpc) is 2.35. The van der Waals surface area contributed by atoms with Crippen molar-refractivity contribution in [2.45, 2.75) is 6.04 Å². The maximum atomic E-state index is 11.7. The molecule has 0 aliphatic heterocycles. The molecule has 0 heterocycles. The molecule has 5 N–H and O–H groups in total. The topological polar surface area (TPSA) is 104 Å². The van der Waals surface area contributed by atoms with Gasteiger partial charge in [-0.15, -0.1) is 0 Å². The van der Waals surface area contributed by atoms with Gasteiger partial charge in [0.1, 0.15) is 6.04 Å². The minimum atomic E-state index is -0.954. The van der Waals surface area contributed by atoms with Crippen LogP contribution in [0.25, 0.3) is 0 Å². The van der Waals surface area contributed by atoms with Crippen molar-refractivity contribution in [1.82, 2.24) is 10.6 Å². The molecule has 1 aromatic rings. The molecule has 0 spiro atoms. The summed E-state index contributed by atoms with van der Waals surface area (Å²) in [4.78, 5) is 23.0. The Labute approximate surface area is 98.8 Å². The Hall–Kier alpha value is -2.08. The van der Waals surface area contributed by atoms with Gasteiger partial charge in [0, 0.05) is 18.3 Å². The van der Waals surface area contributed by atoms with E-state index in [1.165, 1.54) is 7.05 Å². The Bertz CT molecular complexity index is 403. The molecule has 1 aromatic carbocycles. The van der Waals surface area contributed by atoms with Crippen LogP contribution in [0.3, 0.4) is 0 Å². The van der Waals surface area contributed by atoms with Crippen molar-refractivity contribution in [3.63, 3.8) is 0 Å². The predicted molar refractivity (Wildman–Crippen MR) is 63.3 cm³/mol. The summed E-state index contributed by atoms with van der Waals surface area (Å²) in [5, 5.41) is 13.7. The van der Waals surface area contributed by atoms with Crippen molar-refractivity contribution >= 4 is 17.5 Å². The zero-order chi connectivity index (χ0) is 12.8. The Balaban J connectivity index is 2.71. The van der Waals surface area contributed by atoms with Crippen molar-refractivity contribution in [3.8, 4) is 0 Å². The van der Waals surface area contributed by atoms with E-state index in [1.54, 1.807) is 24.3 Å². The fourth-order valence-electron chi connectivity index (χ4n) is 1.24. The molecule has 6 heteroatoms. The smallest absolute Gasteiger partial charge is 0.251 e. The number of rotatable bonds is 4. The number of nitrogen functional groups attached to an aromatic ring is 1. The number of anilines is 1. The van der Waals surface area contributed by atoms with E-state index in [9.17, 15) is 9.59 Å². The minimum absolute atomic E-state index is 0.376. The first-order valence-electron chi connectivity index (χ1n) is 5.07. The van der Waals surface area contributed by atoms with E-state index in [4.69, 9.17) is 10.8 Å². The van der Waals surface area contributed by atoms with Crippen molar-refractivity contribution in [1.29, 1.82) is 0 Å². The van der Waals surface area contributed by atoms with Crippen LogP contribution in [0.5, 0.6) is 0 Å². The standard InChI is InChI=1S/C11H15N3O3/c1-13-11(17)9(6-15)14-10(16)7-2-4-8(12)5-3-7/h2-5,9,15H,6,12H2,1H3,(H,13,17)(H,14,16). The summed E-state index contributed by atoms with van der Waals surface area (Å²) in [6, 6.07) is 5.31. The van der Waals surface area contributed by atoms with Gasteiger partial charge in [-0.1, -0.05) is 0 Å². The molecule has 0 saturated heterocycles. The largest absolute Gasteiger partial charge is 0.399 e. The zero-order valence-corrected chi connectivity index (χ0v) is 9.43. The monoisotopic (exact) mass is 237 g/mol. The van der Waals surface area contributed by atoms with E-state index in [0.29, 0.717) is 11.3 Å². The summed E-state index contributed by atoms with van der Waals surface area (Å²) in [6.45, 7) is -0.458. The third-order valence-corrected chi connectivity index (χ3v) is 2.22. The molecule has 6 nitrogen and oxygen atoms in total. The third kappa shape index (κ3) is 3.46. The van der Waals surface area contributed by atoms with Gasteiger partial charge >= 0.3 is 0 Å². The van der Waals surface area contributed by atoms with Crippen LogP contribution in [0.1, 0.15) is 10.4 Å². The molecule has 17 heavy (non-hydrogen) atoms. The number of nitrogens with one attached hydrogen (secondary N) is 2. The van der Waals surface area contributed by atoms with Crippen LogP contribution in [0, 0.1) is 0 Å². The number of nitrogens with two attached hydrogens (primary N) is 1. The Kier molecular flexibility index (Phi) is 4.47. The van der Waals surface area contributed by atoms with Crippen LogP contribution in [0.2, 0.25) is 0 Å². The van der Waals surface area contributed by atoms with Gasteiger partial charge in [-0.25, -0.2) is 0 Å². The van der Waals surface area contributed by atoms with Crippen LogP contribution in [0.15, 0.2) is 24.3 Å². The number of amides is 2.